The molecule has 1 aliphatic rings. The van der Waals surface area contributed by atoms with Crippen molar-refractivity contribution in [2.75, 3.05) is 25.2 Å². The van der Waals surface area contributed by atoms with E-state index in [0.717, 1.165) is 0 Å². The van der Waals surface area contributed by atoms with Crippen LogP contribution in [0.15, 0.2) is 18.2 Å². The third-order valence-electron chi connectivity index (χ3n) is 3.90. The molecule has 1 aliphatic heterocycles. The third-order valence-corrected chi connectivity index (χ3v) is 3.90. The molecule has 2 unspecified atom stereocenters. The van der Waals surface area contributed by atoms with Gasteiger partial charge in [0.2, 0.25) is 11.8 Å². The van der Waals surface area contributed by atoms with Crippen LogP contribution in [0.3, 0.4) is 0 Å². The lowest BCUT2D eigenvalue weighted by molar-refractivity contribution is -0.143. The molecule has 2 N–H and O–H groups in total. The Bertz CT molecular complexity index is 664. The van der Waals surface area contributed by atoms with Crippen molar-refractivity contribution in [3.8, 4) is 0 Å². The molecule has 0 spiro atoms. The smallest absolute Gasteiger partial charge is 0.328 e. The number of hydrogen-bond acceptors (Lipinski definition) is 4. The van der Waals surface area contributed by atoms with Crippen LogP contribution in [0.2, 0.25) is 0 Å². The molecule has 1 aromatic rings. The zero-order valence-corrected chi connectivity index (χ0v) is 13.4. The van der Waals surface area contributed by atoms with E-state index in [-0.39, 0.29) is 31.3 Å². The quantitative estimate of drug-likeness (QED) is 0.796. The van der Waals surface area contributed by atoms with E-state index in [2.05, 4.69) is 5.32 Å². The highest BCUT2D eigenvalue weighted by Crippen LogP contribution is 2.26. The number of hydrogen-bond donors (Lipinski definition) is 2. The minimum Gasteiger partial charge on any atom is -0.480 e. The number of benzene rings is 1. The SMILES string of the molecule is COCC(NC(=O)C1CC(=O)N(c2ccc(F)c(C)c2)C1)C(=O)O. The number of rotatable bonds is 6. The highest BCUT2D eigenvalue weighted by molar-refractivity contribution is 6.00. The van der Waals surface area contributed by atoms with Gasteiger partial charge in [0.1, 0.15) is 5.82 Å². The number of aryl methyl sites for hydroxylation is 1. The highest BCUT2D eigenvalue weighted by Gasteiger charge is 2.36. The van der Waals surface area contributed by atoms with Crippen molar-refractivity contribution in [3.05, 3.63) is 29.6 Å². The molecule has 0 aromatic heterocycles. The Labute approximate surface area is 138 Å². The van der Waals surface area contributed by atoms with Crippen molar-refractivity contribution in [1.29, 1.82) is 0 Å². The number of nitrogens with one attached hydrogen (secondary N) is 1. The Morgan fingerprint density at radius 2 is 2.21 bits per heavy atom. The minimum atomic E-state index is -1.21. The Morgan fingerprint density at radius 1 is 1.50 bits per heavy atom. The molecule has 0 radical (unpaired) electrons. The van der Waals surface area contributed by atoms with E-state index in [9.17, 15) is 18.8 Å². The summed E-state index contributed by atoms with van der Waals surface area (Å²) in [5.41, 5.74) is 0.917. The molecule has 8 heteroatoms. The number of carbonyl (C=O) groups excluding carboxylic acids is 2. The van der Waals surface area contributed by atoms with E-state index in [1.165, 1.54) is 24.1 Å². The molecular weight excluding hydrogens is 319 g/mol. The third kappa shape index (κ3) is 3.88. The first kappa shape index (κ1) is 17.9. The topological polar surface area (TPSA) is 95.9 Å². The van der Waals surface area contributed by atoms with E-state index >= 15 is 0 Å². The summed E-state index contributed by atoms with van der Waals surface area (Å²) in [4.78, 5) is 36.8. The maximum absolute atomic E-state index is 13.3. The predicted octanol–water partition coefficient (Wildman–Crippen LogP) is 0.703. The van der Waals surface area contributed by atoms with Crippen LogP contribution in [0.4, 0.5) is 10.1 Å². The van der Waals surface area contributed by atoms with Gasteiger partial charge in [0, 0.05) is 25.8 Å². The Balaban J connectivity index is 2.06. The minimum absolute atomic E-state index is 0.0262. The molecular formula is C16H19FN2O5. The summed E-state index contributed by atoms with van der Waals surface area (Å²) in [7, 11) is 1.33. The second-order valence-corrected chi connectivity index (χ2v) is 5.69. The van der Waals surface area contributed by atoms with E-state index in [1.54, 1.807) is 13.0 Å². The standard InChI is InChI=1S/C16H19FN2O5/c1-9-5-11(3-4-12(9)17)19-7-10(6-14(19)20)15(21)18-13(8-24-2)16(22)23/h3-5,10,13H,6-8H2,1-2H3,(H,18,21)(H,22,23). The van der Waals surface area contributed by atoms with Crippen LogP contribution in [-0.2, 0) is 19.1 Å². The molecule has 130 valence electrons. The summed E-state index contributed by atoms with van der Waals surface area (Å²) >= 11 is 0. The van der Waals surface area contributed by atoms with Gasteiger partial charge in [-0.3, -0.25) is 9.59 Å². The van der Waals surface area contributed by atoms with Gasteiger partial charge in [-0.15, -0.1) is 0 Å². The number of amides is 2. The maximum atomic E-state index is 13.3. The van der Waals surface area contributed by atoms with Gasteiger partial charge in [0.05, 0.1) is 12.5 Å². The summed E-state index contributed by atoms with van der Waals surface area (Å²) < 4.78 is 18.1. The fourth-order valence-electron chi connectivity index (χ4n) is 2.56. The highest BCUT2D eigenvalue weighted by atomic mass is 19.1. The Morgan fingerprint density at radius 3 is 2.79 bits per heavy atom. The molecule has 1 heterocycles. The van der Waals surface area contributed by atoms with Gasteiger partial charge in [0.15, 0.2) is 6.04 Å². The Hall–Kier alpha value is -2.48. The van der Waals surface area contributed by atoms with Gasteiger partial charge < -0.3 is 20.1 Å². The molecule has 2 rings (SSSR count). The number of aliphatic carboxylic acids is 1. The van der Waals surface area contributed by atoms with Gasteiger partial charge in [0.25, 0.3) is 0 Å². The molecule has 1 fully saturated rings. The molecule has 24 heavy (non-hydrogen) atoms. The van der Waals surface area contributed by atoms with E-state index in [1.807, 2.05) is 0 Å². The van der Waals surface area contributed by atoms with Gasteiger partial charge >= 0.3 is 5.97 Å². The van der Waals surface area contributed by atoms with Crippen molar-refractivity contribution < 1.29 is 28.6 Å². The van der Waals surface area contributed by atoms with Crippen LogP contribution < -0.4 is 10.2 Å². The maximum Gasteiger partial charge on any atom is 0.328 e. The van der Waals surface area contributed by atoms with Crippen LogP contribution in [-0.4, -0.2) is 49.2 Å². The number of carboxylic acid groups (broad SMARTS) is 1. The van der Waals surface area contributed by atoms with Gasteiger partial charge in [-0.05, 0) is 30.7 Å². The second kappa shape index (κ2) is 7.39. The second-order valence-electron chi connectivity index (χ2n) is 5.69. The Kier molecular flexibility index (Phi) is 5.50. The van der Waals surface area contributed by atoms with E-state index in [0.29, 0.717) is 11.3 Å². The van der Waals surface area contributed by atoms with Crippen LogP contribution in [0.1, 0.15) is 12.0 Å². The summed E-state index contributed by atoms with van der Waals surface area (Å²) in [6.07, 6.45) is -0.0262. The monoisotopic (exact) mass is 338 g/mol. The predicted molar refractivity (Wildman–Crippen MR) is 83.0 cm³/mol. The summed E-state index contributed by atoms with van der Waals surface area (Å²) in [5.74, 6) is -3.03. The number of nitrogens with zero attached hydrogens (tertiary/aromatic N) is 1. The van der Waals surface area contributed by atoms with Crippen LogP contribution in [0.25, 0.3) is 0 Å². The van der Waals surface area contributed by atoms with Crippen LogP contribution in [0, 0.1) is 18.7 Å². The summed E-state index contributed by atoms with van der Waals surface area (Å²) in [5, 5.41) is 11.4. The molecule has 2 amide bonds. The summed E-state index contributed by atoms with van der Waals surface area (Å²) in [6.45, 7) is 1.55. The number of anilines is 1. The van der Waals surface area contributed by atoms with E-state index in [4.69, 9.17) is 9.84 Å². The fourth-order valence-corrected chi connectivity index (χ4v) is 2.56. The van der Waals surface area contributed by atoms with Crippen molar-refractivity contribution in [3.63, 3.8) is 0 Å². The van der Waals surface area contributed by atoms with Crippen molar-refractivity contribution in [1.82, 2.24) is 5.32 Å². The lowest BCUT2D eigenvalue weighted by atomic mass is 10.1. The number of carbonyl (C=O) groups is 3. The normalized spacial score (nSPS) is 18.5. The van der Waals surface area contributed by atoms with Crippen LogP contribution >= 0.6 is 0 Å². The number of carboxylic acids is 1. The molecule has 1 saturated heterocycles. The zero-order valence-electron chi connectivity index (χ0n) is 13.4. The van der Waals surface area contributed by atoms with Crippen molar-refractivity contribution in [2.24, 2.45) is 5.92 Å². The molecule has 1 aromatic carbocycles. The molecule has 0 bridgehead atoms. The molecule has 2 atom stereocenters. The summed E-state index contributed by atoms with van der Waals surface area (Å²) in [6, 6.07) is 3.12. The first-order valence-corrected chi connectivity index (χ1v) is 7.42. The number of ether oxygens (including phenoxy) is 1. The first-order valence-electron chi connectivity index (χ1n) is 7.42. The molecule has 7 nitrogen and oxygen atoms in total. The van der Waals surface area contributed by atoms with Gasteiger partial charge in [-0.1, -0.05) is 0 Å². The van der Waals surface area contributed by atoms with Crippen molar-refractivity contribution in [2.45, 2.75) is 19.4 Å². The zero-order chi connectivity index (χ0) is 17.9. The molecule has 0 aliphatic carbocycles. The average molecular weight is 338 g/mol. The number of halogens is 1. The first-order chi connectivity index (χ1) is 11.3. The van der Waals surface area contributed by atoms with Crippen molar-refractivity contribution >= 4 is 23.5 Å². The lowest BCUT2D eigenvalue weighted by Gasteiger charge is -2.19. The average Bonchev–Trinajstić information content (AvgIpc) is 2.91. The fraction of sp³-hybridized carbons (Fsp3) is 0.438. The molecule has 0 saturated carbocycles. The number of methoxy groups -OCH3 is 1. The van der Waals surface area contributed by atoms with Crippen LogP contribution in [0.5, 0.6) is 0 Å². The van der Waals surface area contributed by atoms with Gasteiger partial charge in [-0.2, -0.15) is 0 Å². The van der Waals surface area contributed by atoms with Gasteiger partial charge in [-0.25, -0.2) is 9.18 Å². The largest absolute Gasteiger partial charge is 0.480 e. The lowest BCUT2D eigenvalue weighted by Crippen LogP contribution is -2.46. The van der Waals surface area contributed by atoms with E-state index < -0.39 is 23.8 Å².